The number of nitrogens with one attached hydrogen (secondary N) is 2. The van der Waals surface area contributed by atoms with Gasteiger partial charge < -0.3 is 9.88 Å². The Morgan fingerprint density at radius 2 is 2.00 bits per heavy atom. The van der Waals surface area contributed by atoms with E-state index in [0.29, 0.717) is 17.4 Å². The van der Waals surface area contributed by atoms with Gasteiger partial charge in [-0.25, -0.2) is 13.1 Å². The number of hydrogen-bond donors (Lipinski definition) is 2. The first-order valence-electron chi connectivity index (χ1n) is 7.76. The van der Waals surface area contributed by atoms with Gasteiger partial charge >= 0.3 is 0 Å². The van der Waals surface area contributed by atoms with Crippen molar-refractivity contribution < 1.29 is 8.42 Å². The maximum absolute atomic E-state index is 12.6. The Morgan fingerprint density at radius 1 is 1.29 bits per heavy atom. The zero-order chi connectivity index (χ0) is 15.5. The minimum atomic E-state index is -3.43. The molecule has 0 saturated heterocycles. The molecule has 6 heteroatoms. The van der Waals surface area contributed by atoms with Gasteiger partial charge in [0.2, 0.25) is 10.0 Å². The van der Waals surface area contributed by atoms with Gasteiger partial charge in [-0.1, -0.05) is 26.2 Å². The highest BCUT2D eigenvalue weighted by atomic mass is 32.2. The molecule has 2 atom stereocenters. The number of sulfonamides is 1. The van der Waals surface area contributed by atoms with Gasteiger partial charge in [-0.05, 0) is 31.9 Å². The number of aryl methyl sites for hydroxylation is 1. The lowest BCUT2D eigenvalue weighted by Gasteiger charge is -2.22. The van der Waals surface area contributed by atoms with Gasteiger partial charge in [0.25, 0.3) is 0 Å². The zero-order valence-corrected chi connectivity index (χ0v) is 14.0. The van der Waals surface area contributed by atoms with E-state index in [2.05, 4.69) is 17.0 Å². The molecule has 0 bridgehead atoms. The molecule has 2 N–H and O–H groups in total. The molecule has 0 radical (unpaired) electrons. The molecule has 1 aliphatic carbocycles. The van der Waals surface area contributed by atoms with Gasteiger partial charge in [-0.2, -0.15) is 0 Å². The normalized spacial score (nSPS) is 24.0. The van der Waals surface area contributed by atoms with Crippen LogP contribution in [0.25, 0.3) is 0 Å². The molecule has 2 rings (SSSR count). The van der Waals surface area contributed by atoms with Crippen LogP contribution in [0.15, 0.2) is 17.2 Å². The van der Waals surface area contributed by atoms with Crippen LogP contribution in [0.3, 0.4) is 0 Å². The Morgan fingerprint density at radius 3 is 2.71 bits per heavy atom. The van der Waals surface area contributed by atoms with Gasteiger partial charge in [0.1, 0.15) is 0 Å². The van der Waals surface area contributed by atoms with Crippen molar-refractivity contribution in [2.75, 3.05) is 7.05 Å². The second-order valence-electron chi connectivity index (χ2n) is 6.15. The summed E-state index contributed by atoms with van der Waals surface area (Å²) < 4.78 is 30.0. The molecule has 0 amide bonds. The topological polar surface area (TPSA) is 63.1 Å². The molecule has 1 saturated carbocycles. The van der Waals surface area contributed by atoms with E-state index >= 15 is 0 Å². The molecule has 5 nitrogen and oxygen atoms in total. The largest absolute Gasteiger partial charge is 0.352 e. The third-order valence-corrected chi connectivity index (χ3v) is 5.88. The standard InChI is InChI=1S/C15H27N3O2S/c1-12-7-5-4-6-8-15(12)17-21(19,20)14-9-13(10-16-2)18(3)11-14/h9,11-12,15-17H,4-8,10H2,1-3H3. The molecule has 0 aromatic carbocycles. The summed E-state index contributed by atoms with van der Waals surface area (Å²) in [5, 5.41) is 3.05. The second-order valence-corrected chi connectivity index (χ2v) is 7.87. The fourth-order valence-electron chi connectivity index (χ4n) is 3.02. The first-order valence-corrected chi connectivity index (χ1v) is 9.24. The maximum atomic E-state index is 12.6. The minimum absolute atomic E-state index is 0.0606. The van der Waals surface area contributed by atoms with Crippen LogP contribution in [0.2, 0.25) is 0 Å². The van der Waals surface area contributed by atoms with E-state index in [0.717, 1.165) is 25.0 Å². The van der Waals surface area contributed by atoms with Crippen molar-refractivity contribution in [2.45, 2.75) is 56.5 Å². The van der Waals surface area contributed by atoms with Gasteiger partial charge in [0.15, 0.2) is 0 Å². The van der Waals surface area contributed by atoms with Crippen molar-refractivity contribution in [3.05, 3.63) is 18.0 Å². The predicted molar refractivity (Wildman–Crippen MR) is 84.5 cm³/mol. The van der Waals surface area contributed by atoms with Crippen molar-refractivity contribution in [2.24, 2.45) is 13.0 Å². The van der Waals surface area contributed by atoms with Gasteiger partial charge in [0, 0.05) is 31.5 Å². The first-order chi connectivity index (χ1) is 9.94. The molecule has 21 heavy (non-hydrogen) atoms. The SMILES string of the molecule is CNCc1cc(S(=O)(=O)NC2CCCCCC2C)cn1C. The van der Waals surface area contributed by atoms with Gasteiger partial charge in [0.05, 0.1) is 4.90 Å². The van der Waals surface area contributed by atoms with Crippen molar-refractivity contribution >= 4 is 10.0 Å². The highest BCUT2D eigenvalue weighted by Crippen LogP contribution is 2.25. The van der Waals surface area contributed by atoms with E-state index in [1.165, 1.54) is 12.8 Å². The Balaban J connectivity index is 2.15. The summed E-state index contributed by atoms with van der Waals surface area (Å²) in [5.74, 6) is 0.405. The molecule has 0 aliphatic heterocycles. The Labute approximate surface area is 128 Å². The molecule has 120 valence electrons. The van der Waals surface area contributed by atoms with Crippen LogP contribution in [-0.4, -0.2) is 26.1 Å². The van der Waals surface area contributed by atoms with E-state index in [4.69, 9.17) is 0 Å². The number of hydrogen-bond acceptors (Lipinski definition) is 3. The lowest BCUT2D eigenvalue weighted by atomic mass is 9.98. The maximum Gasteiger partial charge on any atom is 0.242 e. The fraction of sp³-hybridized carbons (Fsp3) is 0.733. The van der Waals surface area contributed by atoms with Gasteiger partial charge in [-0.15, -0.1) is 0 Å². The highest BCUT2D eigenvalue weighted by molar-refractivity contribution is 7.89. The van der Waals surface area contributed by atoms with E-state index in [1.54, 1.807) is 12.3 Å². The molecule has 1 heterocycles. The lowest BCUT2D eigenvalue weighted by molar-refractivity contribution is 0.399. The summed E-state index contributed by atoms with van der Waals surface area (Å²) in [6.45, 7) is 2.81. The molecular weight excluding hydrogens is 286 g/mol. The molecule has 1 fully saturated rings. The number of rotatable bonds is 5. The quantitative estimate of drug-likeness (QED) is 0.817. The van der Waals surface area contributed by atoms with E-state index in [9.17, 15) is 8.42 Å². The third kappa shape index (κ3) is 4.08. The lowest BCUT2D eigenvalue weighted by Crippen LogP contribution is -2.38. The van der Waals surface area contributed by atoms with E-state index in [1.807, 2.05) is 18.7 Å². The second kappa shape index (κ2) is 6.94. The molecule has 1 aromatic heterocycles. The third-order valence-electron chi connectivity index (χ3n) is 4.42. The molecule has 2 unspecified atom stereocenters. The summed E-state index contributed by atoms with van der Waals surface area (Å²) in [6.07, 6.45) is 7.26. The molecule has 0 spiro atoms. The van der Waals surface area contributed by atoms with Crippen molar-refractivity contribution in [1.29, 1.82) is 0 Å². The Bertz CT molecular complexity index is 565. The van der Waals surface area contributed by atoms with Crippen molar-refractivity contribution in [3.8, 4) is 0 Å². The summed E-state index contributed by atoms with van der Waals surface area (Å²) >= 11 is 0. The Hall–Kier alpha value is -0.850. The Kier molecular flexibility index (Phi) is 5.46. The van der Waals surface area contributed by atoms with Crippen LogP contribution in [-0.2, 0) is 23.6 Å². The van der Waals surface area contributed by atoms with Crippen molar-refractivity contribution in [3.63, 3.8) is 0 Å². The fourth-order valence-corrected chi connectivity index (χ4v) is 4.49. The van der Waals surface area contributed by atoms with Crippen LogP contribution < -0.4 is 10.0 Å². The van der Waals surface area contributed by atoms with Crippen LogP contribution in [0, 0.1) is 5.92 Å². The first kappa shape index (κ1) is 16.5. The van der Waals surface area contributed by atoms with Crippen molar-refractivity contribution in [1.82, 2.24) is 14.6 Å². The minimum Gasteiger partial charge on any atom is -0.352 e. The number of nitrogens with zero attached hydrogens (tertiary/aromatic N) is 1. The summed E-state index contributed by atoms with van der Waals surface area (Å²) in [6, 6.07) is 1.81. The summed E-state index contributed by atoms with van der Waals surface area (Å²) in [5.41, 5.74) is 0.965. The van der Waals surface area contributed by atoms with Gasteiger partial charge in [-0.3, -0.25) is 0 Å². The number of aromatic nitrogens is 1. The van der Waals surface area contributed by atoms with Crippen LogP contribution in [0.5, 0.6) is 0 Å². The summed E-state index contributed by atoms with van der Waals surface area (Å²) in [7, 11) is 0.301. The zero-order valence-electron chi connectivity index (χ0n) is 13.2. The molecule has 1 aromatic rings. The van der Waals surface area contributed by atoms with E-state index in [-0.39, 0.29) is 6.04 Å². The monoisotopic (exact) mass is 313 g/mol. The molecular formula is C15H27N3O2S. The average Bonchev–Trinajstić information content (AvgIpc) is 2.68. The predicted octanol–water partition coefficient (Wildman–Crippen LogP) is 1.99. The molecule has 1 aliphatic rings. The highest BCUT2D eigenvalue weighted by Gasteiger charge is 2.26. The summed E-state index contributed by atoms with van der Waals surface area (Å²) in [4.78, 5) is 0.367. The average molecular weight is 313 g/mol. The van der Waals surface area contributed by atoms with E-state index < -0.39 is 10.0 Å². The smallest absolute Gasteiger partial charge is 0.242 e. The van der Waals surface area contributed by atoms with Crippen LogP contribution in [0.4, 0.5) is 0 Å². The van der Waals surface area contributed by atoms with Crippen LogP contribution in [0.1, 0.15) is 44.7 Å². The van der Waals surface area contributed by atoms with Crippen LogP contribution >= 0.6 is 0 Å².